The summed E-state index contributed by atoms with van der Waals surface area (Å²) in [5, 5.41) is 3.99. The van der Waals surface area contributed by atoms with Gasteiger partial charge in [-0.1, -0.05) is 29.4 Å². The summed E-state index contributed by atoms with van der Waals surface area (Å²) in [5.74, 6) is 1.35. The van der Waals surface area contributed by atoms with Gasteiger partial charge in [-0.15, -0.1) is 0 Å². The Labute approximate surface area is 124 Å². The van der Waals surface area contributed by atoms with E-state index in [-0.39, 0.29) is 6.10 Å². The van der Waals surface area contributed by atoms with E-state index in [1.165, 1.54) is 11.1 Å². The van der Waals surface area contributed by atoms with Crippen molar-refractivity contribution >= 4 is 0 Å². The summed E-state index contributed by atoms with van der Waals surface area (Å²) in [6, 6.07) is 8.75. The number of ether oxygens (including phenoxy) is 1. The van der Waals surface area contributed by atoms with E-state index in [0.29, 0.717) is 18.5 Å². The van der Waals surface area contributed by atoms with E-state index < -0.39 is 0 Å². The SMILES string of the molecule is Cc1nc(CN2C[C@@H](c3ccccc3C)OC[C@@H]2C)no1. The molecule has 1 aliphatic heterocycles. The molecule has 1 saturated heterocycles. The zero-order valence-electron chi connectivity index (χ0n) is 12.7. The molecule has 1 aliphatic rings. The second-order valence-electron chi connectivity index (χ2n) is 5.69. The van der Waals surface area contributed by atoms with Crippen LogP contribution in [0.5, 0.6) is 0 Å². The lowest BCUT2D eigenvalue weighted by atomic mass is 10.0. The van der Waals surface area contributed by atoms with Crippen molar-refractivity contribution in [2.45, 2.75) is 39.5 Å². The van der Waals surface area contributed by atoms with Crippen LogP contribution in [0.1, 0.15) is 35.9 Å². The summed E-state index contributed by atoms with van der Waals surface area (Å²) in [5.41, 5.74) is 2.53. The summed E-state index contributed by atoms with van der Waals surface area (Å²) in [6.45, 7) is 8.37. The van der Waals surface area contributed by atoms with Crippen molar-refractivity contribution in [2.24, 2.45) is 0 Å². The van der Waals surface area contributed by atoms with Gasteiger partial charge in [0.25, 0.3) is 0 Å². The molecule has 5 nitrogen and oxygen atoms in total. The standard InChI is InChI=1S/C16H21N3O2/c1-11-6-4-5-7-14(11)15-8-19(12(2)10-20-15)9-16-17-13(3)21-18-16/h4-7,12,15H,8-10H2,1-3H3/t12-,15-/m0/s1. The van der Waals surface area contributed by atoms with Crippen LogP contribution in [-0.4, -0.2) is 34.2 Å². The van der Waals surface area contributed by atoms with Crippen LogP contribution in [0.15, 0.2) is 28.8 Å². The molecule has 2 aromatic rings. The zero-order chi connectivity index (χ0) is 14.8. The Hall–Kier alpha value is -1.72. The largest absolute Gasteiger partial charge is 0.371 e. The van der Waals surface area contributed by atoms with E-state index in [4.69, 9.17) is 9.26 Å². The molecule has 0 amide bonds. The van der Waals surface area contributed by atoms with Crippen LogP contribution in [0, 0.1) is 13.8 Å². The first-order chi connectivity index (χ1) is 10.1. The molecule has 0 spiro atoms. The molecule has 0 N–H and O–H groups in total. The molecule has 112 valence electrons. The maximum Gasteiger partial charge on any atom is 0.223 e. The van der Waals surface area contributed by atoms with Gasteiger partial charge < -0.3 is 9.26 Å². The van der Waals surface area contributed by atoms with Crippen molar-refractivity contribution in [1.82, 2.24) is 15.0 Å². The van der Waals surface area contributed by atoms with Gasteiger partial charge in [0.1, 0.15) is 0 Å². The van der Waals surface area contributed by atoms with E-state index in [1.807, 2.05) is 6.92 Å². The summed E-state index contributed by atoms with van der Waals surface area (Å²) < 4.78 is 11.1. The van der Waals surface area contributed by atoms with Crippen LogP contribution in [0.3, 0.4) is 0 Å². The number of hydrogen-bond donors (Lipinski definition) is 0. The Bertz CT molecular complexity index is 611. The maximum atomic E-state index is 6.02. The third-order valence-electron chi connectivity index (χ3n) is 4.01. The molecule has 0 aliphatic carbocycles. The minimum Gasteiger partial charge on any atom is -0.371 e. The van der Waals surface area contributed by atoms with Crippen molar-refractivity contribution in [3.05, 3.63) is 47.1 Å². The van der Waals surface area contributed by atoms with Crippen molar-refractivity contribution in [3.8, 4) is 0 Å². The molecule has 21 heavy (non-hydrogen) atoms. The average Bonchev–Trinajstić information content (AvgIpc) is 2.87. The third-order valence-corrected chi connectivity index (χ3v) is 4.01. The summed E-state index contributed by atoms with van der Waals surface area (Å²) in [7, 11) is 0. The minimum absolute atomic E-state index is 0.107. The second-order valence-corrected chi connectivity index (χ2v) is 5.69. The fraction of sp³-hybridized carbons (Fsp3) is 0.500. The Morgan fingerprint density at radius 1 is 1.29 bits per heavy atom. The first-order valence-corrected chi connectivity index (χ1v) is 7.34. The smallest absolute Gasteiger partial charge is 0.223 e. The van der Waals surface area contributed by atoms with Crippen LogP contribution in [-0.2, 0) is 11.3 Å². The molecule has 1 fully saturated rings. The van der Waals surface area contributed by atoms with E-state index in [1.54, 1.807) is 0 Å². The summed E-state index contributed by atoms with van der Waals surface area (Å²) in [4.78, 5) is 6.65. The lowest BCUT2D eigenvalue weighted by Gasteiger charge is -2.37. The zero-order valence-corrected chi connectivity index (χ0v) is 12.7. The molecule has 0 saturated carbocycles. The normalized spacial score (nSPS) is 23.4. The monoisotopic (exact) mass is 287 g/mol. The molecule has 2 heterocycles. The van der Waals surface area contributed by atoms with Gasteiger partial charge in [-0.3, -0.25) is 4.90 Å². The molecule has 0 radical (unpaired) electrons. The Kier molecular flexibility index (Phi) is 4.03. The molecular weight excluding hydrogens is 266 g/mol. The lowest BCUT2D eigenvalue weighted by Crippen LogP contribution is -2.44. The topological polar surface area (TPSA) is 51.4 Å². The van der Waals surface area contributed by atoms with Crippen LogP contribution in [0.25, 0.3) is 0 Å². The number of nitrogens with zero attached hydrogens (tertiary/aromatic N) is 3. The predicted octanol–water partition coefficient (Wildman–Crippen LogP) is 2.65. The molecule has 0 bridgehead atoms. The molecule has 1 aromatic carbocycles. The number of rotatable bonds is 3. The first-order valence-electron chi connectivity index (χ1n) is 7.34. The van der Waals surface area contributed by atoms with E-state index >= 15 is 0 Å². The highest BCUT2D eigenvalue weighted by Crippen LogP contribution is 2.27. The number of aromatic nitrogens is 2. The molecular formula is C16H21N3O2. The van der Waals surface area contributed by atoms with Gasteiger partial charge >= 0.3 is 0 Å². The van der Waals surface area contributed by atoms with Crippen LogP contribution in [0.4, 0.5) is 0 Å². The third kappa shape index (κ3) is 3.14. The van der Waals surface area contributed by atoms with Gasteiger partial charge in [0.15, 0.2) is 5.82 Å². The molecule has 5 heteroatoms. The van der Waals surface area contributed by atoms with E-state index in [2.05, 4.69) is 53.2 Å². The molecule has 1 aromatic heterocycles. The Balaban J connectivity index is 1.74. The number of aryl methyl sites for hydroxylation is 2. The Morgan fingerprint density at radius 2 is 2.10 bits per heavy atom. The Morgan fingerprint density at radius 3 is 2.81 bits per heavy atom. The highest BCUT2D eigenvalue weighted by atomic mass is 16.5. The van der Waals surface area contributed by atoms with Crippen LogP contribution < -0.4 is 0 Å². The van der Waals surface area contributed by atoms with Crippen molar-refractivity contribution in [1.29, 1.82) is 0 Å². The van der Waals surface area contributed by atoms with Crippen molar-refractivity contribution < 1.29 is 9.26 Å². The molecule has 0 unspecified atom stereocenters. The fourth-order valence-corrected chi connectivity index (χ4v) is 2.75. The first kappa shape index (κ1) is 14.2. The summed E-state index contributed by atoms with van der Waals surface area (Å²) >= 11 is 0. The minimum atomic E-state index is 0.107. The quantitative estimate of drug-likeness (QED) is 0.868. The number of morpholine rings is 1. The maximum absolute atomic E-state index is 6.02. The fourth-order valence-electron chi connectivity index (χ4n) is 2.75. The van der Waals surface area contributed by atoms with E-state index in [0.717, 1.165) is 19.0 Å². The lowest BCUT2D eigenvalue weighted by molar-refractivity contribution is -0.0644. The van der Waals surface area contributed by atoms with E-state index in [9.17, 15) is 0 Å². The number of hydrogen-bond acceptors (Lipinski definition) is 5. The second kappa shape index (κ2) is 5.95. The number of benzene rings is 1. The highest BCUT2D eigenvalue weighted by molar-refractivity contribution is 5.28. The van der Waals surface area contributed by atoms with Crippen LogP contribution in [0.2, 0.25) is 0 Å². The van der Waals surface area contributed by atoms with Crippen molar-refractivity contribution in [3.63, 3.8) is 0 Å². The summed E-state index contributed by atoms with van der Waals surface area (Å²) in [6.07, 6.45) is 0.107. The van der Waals surface area contributed by atoms with Gasteiger partial charge in [0, 0.05) is 19.5 Å². The van der Waals surface area contributed by atoms with Gasteiger partial charge in [0.2, 0.25) is 5.89 Å². The van der Waals surface area contributed by atoms with Crippen LogP contribution >= 0.6 is 0 Å². The van der Waals surface area contributed by atoms with Gasteiger partial charge in [-0.05, 0) is 25.0 Å². The molecule has 3 rings (SSSR count). The molecule has 2 atom stereocenters. The predicted molar refractivity (Wildman–Crippen MR) is 78.8 cm³/mol. The van der Waals surface area contributed by atoms with Crippen molar-refractivity contribution in [2.75, 3.05) is 13.2 Å². The average molecular weight is 287 g/mol. The van der Waals surface area contributed by atoms with Gasteiger partial charge in [-0.25, -0.2) is 0 Å². The highest BCUT2D eigenvalue weighted by Gasteiger charge is 2.28. The van der Waals surface area contributed by atoms with Gasteiger partial charge in [-0.2, -0.15) is 4.98 Å². The van der Waals surface area contributed by atoms with Gasteiger partial charge in [0.05, 0.1) is 19.3 Å².